The van der Waals surface area contributed by atoms with E-state index in [9.17, 15) is 23.1 Å². The lowest BCUT2D eigenvalue weighted by Gasteiger charge is -2.13. The summed E-state index contributed by atoms with van der Waals surface area (Å²) >= 11 is 0. The molecular formula is C27H21F3N4O3. The van der Waals surface area contributed by atoms with Gasteiger partial charge in [0, 0.05) is 17.3 Å². The average molecular weight is 506 g/mol. The molecular weight excluding hydrogens is 485 g/mol. The summed E-state index contributed by atoms with van der Waals surface area (Å²) in [7, 11) is 0. The van der Waals surface area contributed by atoms with Gasteiger partial charge in [-0.15, -0.1) is 0 Å². The van der Waals surface area contributed by atoms with Crippen LogP contribution in [0.5, 0.6) is 0 Å². The quantitative estimate of drug-likeness (QED) is 0.292. The first-order chi connectivity index (χ1) is 17.6. The molecule has 1 amide bonds. The van der Waals surface area contributed by atoms with Gasteiger partial charge in [0.25, 0.3) is 5.91 Å². The van der Waals surface area contributed by atoms with Crippen molar-refractivity contribution in [3.8, 4) is 22.7 Å². The van der Waals surface area contributed by atoms with E-state index in [0.29, 0.717) is 28.4 Å². The van der Waals surface area contributed by atoms with Crippen LogP contribution in [0.1, 0.15) is 40.2 Å². The maximum Gasteiger partial charge on any atom is 0.417 e. The molecule has 2 N–H and O–H groups in total. The van der Waals surface area contributed by atoms with Crippen LogP contribution in [0, 0.1) is 6.92 Å². The zero-order valence-electron chi connectivity index (χ0n) is 19.7. The molecule has 2 aromatic carbocycles. The fourth-order valence-electron chi connectivity index (χ4n) is 4.00. The monoisotopic (exact) mass is 506 g/mol. The van der Waals surface area contributed by atoms with Gasteiger partial charge < -0.3 is 14.8 Å². The highest BCUT2D eigenvalue weighted by Crippen LogP contribution is 2.38. The van der Waals surface area contributed by atoms with Crippen molar-refractivity contribution in [1.29, 1.82) is 0 Å². The van der Waals surface area contributed by atoms with Gasteiger partial charge >= 0.3 is 6.18 Å². The van der Waals surface area contributed by atoms with Crippen molar-refractivity contribution in [2.75, 3.05) is 5.32 Å². The third-order valence-corrected chi connectivity index (χ3v) is 5.85. The highest BCUT2D eigenvalue weighted by Gasteiger charge is 2.35. The number of aryl methyl sites for hydroxylation is 1. The number of oxazole rings is 1. The number of carbonyl (C=O) groups excluding carboxylic acids is 1. The van der Waals surface area contributed by atoms with Crippen molar-refractivity contribution in [3.05, 3.63) is 95.5 Å². The highest BCUT2D eigenvalue weighted by molar-refractivity contribution is 6.06. The van der Waals surface area contributed by atoms with E-state index in [1.54, 1.807) is 36.6 Å². The molecule has 0 saturated carbocycles. The Morgan fingerprint density at radius 1 is 1.08 bits per heavy atom. The summed E-state index contributed by atoms with van der Waals surface area (Å²) in [6.45, 7) is 3.22. The number of pyridine rings is 1. The number of rotatable bonds is 5. The van der Waals surface area contributed by atoms with Crippen LogP contribution < -0.4 is 5.32 Å². The summed E-state index contributed by atoms with van der Waals surface area (Å²) in [6.07, 6.45) is -2.48. The van der Waals surface area contributed by atoms with Gasteiger partial charge in [-0.25, -0.2) is 9.97 Å². The number of carbonyl (C=O) groups is 1. The van der Waals surface area contributed by atoms with Crippen molar-refractivity contribution < 1.29 is 27.5 Å². The van der Waals surface area contributed by atoms with Gasteiger partial charge in [-0.3, -0.25) is 9.20 Å². The molecule has 0 spiro atoms. The van der Waals surface area contributed by atoms with E-state index < -0.39 is 23.8 Å². The molecule has 0 aliphatic rings. The Bertz CT molecular complexity index is 1600. The molecule has 0 aliphatic carbocycles. The predicted octanol–water partition coefficient (Wildman–Crippen LogP) is 6.29. The first kappa shape index (κ1) is 24.3. The number of aliphatic hydroxyl groups is 1. The van der Waals surface area contributed by atoms with Crippen molar-refractivity contribution in [1.82, 2.24) is 14.4 Å². The molecule has 3 heterocycles. The molecule has 0 fully saturated rings. The number of hydrogen-bond acceptors (Lipinski definition) is 5. The topological polar surface area (TPSA) is 92.7 Å². The highest BCUT2D eigenvalue weighted by atomic mass is 19.4. The second-order valence-corrected chi connectivity index (χ2v) is 8.55. The molecule has 7 nitrogen and oxygen atoms in total. The molecule has 10 heteroatoms. The third kappa shape index (κ3) is 4.70. The number of hydrogen-bond donors (Lipinski definition) is 2. The van der Waals surface area contributed by atoms with E-state index in [4.69, 9.17) is 4.42 Å². The Morgan fingerprint density at radius 2 is 1.84 bits per heavy atom. The summed E-state index contributed by atoms with van der Waals surface area (Å²) in [4.78, 5) is 22.0. The van der Waals surface area contributed by atoms with E-state index in [1.165, 1.54) is 6.26 Å². The zero-order valence-corrected chi connectivity index (χ0v) is 19.7. The van der Waals surface area contributed by atoms with Crippen LogP contribution in [-0.4, -0.2) is 25.4 Å². The Morgan fingerprint density at radius 3 is 2.49 bits per heavy atom. The van der Waals surface area contributed by atoms with Crippen molar-refractivity contribution in [3.63, 3.8) is 0 Å². The zero-order chi connectivity index (χ0) is 26.3. The Balaban J connectivity index is 1.60. The van der Waals surface area contributed by atoms with E-state index in [-0.39, 0.29) is 17.0 Å². The molecule has 5 rings (SSSR count). The minimum absolute atomic E-state index is 0.0200. The van der Waals surface area contributed by atoms with Crippen LogP contribution in [0.3, 0.4) is 0 Å². The largest absolute Gasteiger partial charge is 0.444 e. The standard InChI is InChI=1S/C27H21F3N4O3/c1-15-14-37-26(31-15)20-12-19(8-9-21(20)27(28,29)30)25(36)33-24-23(17-6-4-3-5-7-17)32-22-13-18(16(2)35)10-11-34(22)24/h3-14,16,35H,1-2H3,(H,33,36). The number of amides is 1. The Kier molecular flexibility index (Phi) is 6.04. The normalized spacial score (nSPS) is 12.6. The smallest absolute Gasteiger partial charge is 0.417 e. The number of benzene rings is 2. The maximum atomic E-state index is 13.7. The summed E-state index contributed by atoms with van der Waals surface area (Å²) in [5.74, 6) is -0.543. The van der Waals surface area contributed by atoms with E-state index >= 15 is 0 Å². The number of nitrogens with zero attached hydrogens (tertiary/aromatic N) is 3. The number of nitrogens with one attached hydrogen (secondary N) is 1. The molecule has 0 aliphatic heterocycles. The Hall–Kier alpha value is -4.44. The average Bonchev–Trinajstić information content (AvgIpc) is 3.47. The van der Waals surface area contributed by atoms with Gasteiger partial charge in [-0.05, 0) is 49.7 Å². The number of imidazole rings is 1. The van der Waals surface area contributed by atoms with Gasteiger partial charge in [0.1, 0.15) is 23.4 Å². The van der Waals surface area contributed by atoms with Crippen molar-refractivity contribution >= 4 is 17.4 Å². The van der Waals surface area contributed by atoms with Crippen LogP contribution in [0.4, 0.5) is 19.0 Å². The third-order valence-electron chi connectivity index (χ3n) is 5.85. The van der Waals surface area contributed by atoms with E-state index in [0.717, 1.165) is 23.8 Å². The van der Waals surface area contributed by atoms with Crippen LogP contribution >= 0.6 is 0 Å². The molecule has 5 aromatic rings. The van der Waals surface area contributed by atoms with Gasteiger partial charge in [-0.1, -0.05) is 30.3 Å². The minimum Gasteiger partial charge on any atom is -0.444 e. The summed E-state index contributed by atoms with van der Waals surface area (Å²) in [5, 5.41) is 12.8. The number of aliphatic hydroxyl groups excluding tert-OH is 1. The second-order valence-electron chi connectivity index (χ2n) is 8.55. The van der Waals surface area contributed by atoms with Crippen LogP contribution in [0.15, 0.2) is 77.5 Å². The Labute approximate surface area is 209 Å². The first-order valence-electron chi connectivity index (χ1n) is 11.3. The summed E-state index contributed by atoms with van der Waals surface area (Å²) < 4.78 is 47.9. The maximum absolute atomic E-state index is 13.7. The minimum atomic E-state index is -4.67. The lowest BCUT2D eigenvalue weighted by molar-refractivity contribution is -0.137. The second kappa shape index (κ2) is 9.21. The molecule has 1 atom stereocenters. The fraction of sp³-hybridized carbons (Fsp3) is 0.148. The van der Waals surface area contributed by atoms with Crippen molar-refractivity contribution in [2.24, 2.45) is 0 Å². The van der Waals surface area contributed by atoms with E-state index in [2.05, 4.69) is 15.3 Å². The summed E-state index contributed by atoms with van der Waals surface area (Å²) in [5.41, 5.74) is 1.41. The molecule has 0 saturated heterocycles. The number of alkyl halides is 3. The lowest BCUT2D eigenvalue weighted by atomic mass is 10.0. The van der Waals surface area contributed by atoms with Gasteiger partial charge in [-0.2, -0.15) is 13.2 Å². The first-order valence-corrected chi connectivity index (χ1v) is 11.3. The molecule has 37 heavy (non-hydrogen) atoms. The van der Waals surface area contributed by atoms with Crippen LogP contribution in [0.2, 0.25) is 0 Å². The van der Waals surface area contributed by atoms with E-state index in [1.807, 2.05) is 30.3 Å². The molecule has 0 bridgehead atoms. The number of halogens is 3. The molecule has 188 valence electrons. The lowest BCUT2D eigenvalue weighted by Crippen LogP contribution is -2.15. The number of anilines is 1. The predicted molar refractivity (Wildman–Crippen MR) is 131 cm³/mol. The fourth-order valence-corrected chi connectivity index (χ4v) is 4.00. The van der Waals surface area contributed by atoms with Crippen LogP contribution in [-0.2, 0) is 6.18 Å². The van der Waals surface area contributed by atoms with Crippen LogP contribution in [0.25, 0.3) is 28.4 Å². The number of aromatic nitrogens is 3. The SMILES string of the molecule is Cc1coc(-c2cc(C(=O)Nc3c(-c4ccccc4)nc4cc(C(C)O)ccn34)ccc2C(F)(F)F)n1. The summed E-state index contributed by atoms with van der Waals surface area (Å²) in [6, 6.07) is 15.6. The molecule has 3 aromatic heterocycles. The van der Waals surface area contributed by atoms with Crippen molar-refractivity contribution in [2.45, 2.75) is 26.1 Å². The van der Waals surface area contributed by atoms with Gasteiger partial charge in [0.2, 0.25) is 5.89 Å². The van der Waals surface area contributed by atoms with Gasteiger partial charge in [0.15, 0.2) is 0 Å². The van der Waals surface area contributed by atoms with Gasteiger partial charge in [0.05, 0.1) is 22.9 Å². The molecule has 1 unspecified atom stereocenters. The molecule has 0 radical (unpaired) electrons. The number of fused-ring (bicyclic) bond motifs is 1.